The van der Waals surface area contributed by atoms with Gasteiger partial charge in [-0.05, 0) is 28.1 Å². The summed E-state index contributed by atoms with van der Waals surface area (Å²) in [6.07, 6.45) is 2.43. The lowest BCUT2D eigenvalue weighted by Gasteiger charge is -2.07. The third-order valence-electron chi connectivity index (χ3n) is 1.96. The van der Waals surface area contributed by atoms with Gasteiger partial charge in [0.1, 0.15) is 10.3 Å². The molecule has 0 unspecified atom stereocenters. The fourth-order valence-corrected chi connectivity index (χ4v) is 1.61. The summed E-state index contributed by atoms with van der Waals surface area (Å²) in [5.41, 5.74) is 0. The number of halogens is 3. The smallest absolute Gasteiger partial charge is 0.198 e. The van der Waals surface area contributed by atoms with Crippen molar-refractivity contribution in [3.8, 4) is 11.5 Å². The third-order valence-corrected chi connectivity index (χ3v) is 2.56. The highest BCUT2D eigenvalue weighted by molar-refractivity contribution is 9.10. The van der Waals surface area contributed by atoms with E-state index < -0.39 is 11.6 Å². The number of nitrogens with zero attached hydrogens (tertiary/aromatic N) is 1. The Kier molecular flexibility index (Phi) is 3.23. The van der Waals surface area contributed by atoms with Crippen LogP contribution in [0.4, 0.5) is 8.78 Å². The molecular formula is C11H6BrF2NO2. The van der Waals surface area contributed by atoms with Gasteiger partial charge in [-0.3, -0.25) is 0 Å². The van der Waals surface area contributed by atoms with Gasteiger partial charge in [-0.15, -0.1) is 0 Å². The van der Waals surface area contributed by atoms with Crippen molar-refractivity contribution >= 4 is 15.9 Å². The Morgan fingerprint density at radius 1 is 1.18 bits per heavy atom. The van der Waals surface area contributed by atoms with E-state index in [0.29, 0.717) is 9.20 Å². The number of rotatable bonds is 2. The molecule has 2 rings (SSSR count). The van der Waals surface area contributed by atoms with Crippen molar-refractivity contribution in [1.29, 1.82) is 0 Å². The summed E-state index contributed by atoms with van der Waals surface area (Å²) in [5.74, 6) is -1.34. The molecule has 6 heteroatoms. The van der Waals surface area contributed by atoms with E-state index in [1.54, 1.807) is 0 Å². The zero-order valence-corrected chi connectivity index (χ0v) is 9.95. The second-order valence-electron chi connectivity index (χ2n) is 3.19. The van der Waals surface area contributed by atoms with Crippen LogP contribution >= 0.6 is 15.9 Å². The summed E-state index contributed by atoms with van der Waals surface area (Å²) in [5, 5.41) is 10.9. The molecule has 0 aliphatic rings. The Labute approximate surface area is 104 Å². The van der Waals surface area contributed by atoms with Crippen molar-refractivity contribution in [1.82, 2.24) is 0 Å². The maximum absolute atomic E-state index is 13.3. The molecule has 1 aromatic heterocycles. The Bertz CT molecular complexity index is 514. The first kappa shape index (κ1) is 11.8. The summed E-state index contributed by atoms with van der Waals surface area (Å²) in [7, 11) is 0. The van der Waals surface area contributed by atoms with Crippen molar-refractivity contribution in [2.24, 2.45) is 0 Å². The lowest BCUT2D eigenvalue weighted by molar-refractivity contribution is -0.606. The minimum atomic E-state index is -0.809. The van der Waals surface area contributed by atoms with Gasteiger partial charge in [0.25, 0.3) is 0 Å². The van der Waals surface area contributed by atoms with E-state index in [1.807, 2.05) is 0 Å². The molecule has 0 aliphatic heterocycles. The van der Waals surface area contributed by atoms with Crippen molar-refractivity contribution in [3.05, 3.63) is 58.0 Å². The van der Waals surface area contributed by atoms with E-state index in [2.05, 4.69) is 15.9 Å². The largest absolute Gasteiger partial charge is 0.619 e. The first-order valence-corrected chi connectivity index (χ1v) is 5.37. The number of pyridine rings is 1. The van der Waals surface area contributed by atoms with Gasteiger partial charge in [0.15, 0.2) is 29.7 Å². The maximum Gasteiger partial charge on any atom is 0.198 e. The molecule has 2 aromatic rings. The van der Waals surface area contributed by atoms with Gasteiger partial charge in [-0.25, -0.2) is 8.78 Å². The molecule has 0 amide bonds. The minimum absolute atomic E-state index is 0.115. The molecule has 0 spiro atoms. The standard InChI is InChI=1S/C11H6BrF2NO2/c12-8-6-15(16)4-3-10(8)17-11-2-1-7(13)5-9(11)14/h1-6H. The predicted molar refractivity (Wildman–Crippen MR) is 59.5 cm³/mol. The van der Waals surface area contributed by atoms with Crippen LogP contribution in [0.15, 0.2) is 41.1 Å². The number of hydrogen-bond donors (Lipinski definition) is 0. The second-order valence-corrected chi connectivity index (χ2v) is 4.05. The van der Waals surface area contributed by atoms with Gasteiger partial charge in [0.05, 0.1) is 0 Å². The zero-order chi connectivity index (χ0) is 12.4. The van der Waals surface area contributed by atoms with Gasteiger partial charge in [0, 0.05) is 12.1 Å². The Morgan fingerprint density at radius 3 is 2.59 bits per heavy atom. The molecule has 0 aliphatic carbocycles. The highest BCUT2D eigenvalue weighted by Gasteiger charge is 2.10. The Balaban J connectivity index is 2.31. The normalized spacial score (nSPS) is 10.3. The quantitative estimate of drug-likeness (QED) is 0.631. The number of aromatic nitrogens is 1. The van der Waals surface area contributed by atoms with Crippen LogP contribution in [0.5, 0.6) is 11.5 Å². The van der Waals surface area contributed by atoms with E-state index in [0.717, 1.165) is 12.1 Å². The Hall–Kier alpha value is -1.69. The molecule has 0 fully saturated rings. The molecule has 88 valence electrons. The second kappa shape index (κ2) is 4.67. The van der Waals surface area contributed by atoms with Gasteiger partial charge >= 0.3 is 0 Å². The molecular weight excluding hydrogens is 296 g/mol. The molecule has 0 saturated heterocycles. The molecule has 3 nitrogen and oxygen atoms in total. The minimum Gasteiger partial charge on any atom is -0.619 e. The van der Waals surface area contributed by atoms with Crippen LogP contribution in [0.3, 0.4) is 0 Å². The summed E-state index contributed by atoms with van der Waals surface area (Å²) < 4.78 is 32.1. The Morgan fingerprint density at radius 2 is 1.94 bits per heavy atom. The van der Waals surface area contributed by atoms with Crippen LogP contribution in [0.2, 0.25) is 0 Å². The summed E-state index contributed by atoms with van der Waals surface area (Å²) in [6.45, 7) is 0. The lowest BCUT2D eigenvalue weighted by Crippen LogP contribution is -2.23. The number of ether oxygens (including phenoxy) is 1. The van der Waals surface area contributed by atoms with E-state index in [9.17, 15) is 14.0 Å². The van der Waals surface area contributed by atoms with E-state index in [-0.39, 0.29) is 11.5 Å². The molecule has 0 N–H and O–H groups in total. The molecule has 17 heavy (non-hydrogen) atoms. The van der Waals surface area contributed by atoms with Crippen molar-refractivity contribution in [2.75, 3.05) is 0 Å². The molecule has 0 radical (unpaired) electrons. The van der Waals surface area contributed by atoms with Crippen LogP contribution < -0.4 is 9.47 Å². The van der Waals surface area contributed by atoms with Crippen LogP contribution in [-0.2, 0) is 0 Å². The fourth-order valence-electron chi connectivity index (χ4n) is 1.20. The highest BCUT2D eigenvalue weighted by atomic mass is 79.9. The molecule has 1 heterocycles. The third kappa shape index (κ3) is 2.71. The molecule has 0 bridgehead atoms. The first-order chi connectivity index (χ1) is 8.06. The van der Waals surface area contributed by atoms with Crippen LogP contribution in [0, 0.1) is 16.8 Å². The highest BCUT2D eigenvalue weighted by Crippen LogP contribution is 2.29. The predicted octanol–water partition coefficient (Wildman–Crippen LogP) is 3.15. The maximum atomic E-state index is 13.3. The van der Waals surface area contributed by atoms with Crippen molar-refractivity contribution < 1.29 is 18.2 Å². The topological polar surface area (TPSA) is 36.2 Å². The van der Waals surface area contributed by atoms with Crippen LogP contribution in [0.1, 0.15) is 0 Å². The van der Waals surface area contributed by atoms with E-state index in [4.69, 9.17) is 4.74 Å². The molecule has 1 aromatic carbocycles. The average Bonchev–Trinajstić information content (AvgIpc) is 2.25. The SMILES string of the molecule is [O-][n+]1ccc(Oc2ccc(F)cc2F)c(Br)c1. The summed E-state index contributed by atoms with van der Waals surface area (Å²) in [6, 6.07) is 4.36. The van der Waals surface area contributed by atoms with Crippen molar-refractivity contribution in [3.63, 3.8) is 0 Å². The molecule has 0 saturated carbocycles. The summed E-state index contributed by atoms with van der Waals surface area (Å²) >= 11 is 3.10. The number of hydrogen-bond acceptors (Lipinski definition) is 2. The van der Waals surface area contributed by atoms with Gasteiger partial charge in [-0.1, -0.05) is 0 Å². The monoisotopic (exact) mass is 301 g/mol. The van der Waals surface area contributed by atoms with Gasteiger partial charge in [-0.2, -0.15) is 4.73 Å². The average molecular weight is 302 g/mol. The van der Waals surface area contributed by atoms with Crippen LogP contribution in [-0.4, -0.2) is 0 Å². The molecule has 0 atom stereocenters. The van der Waals surface area contributed by atoms with Gasteiger partial charge in [0.2, 0.25) is 0 Å². The first-order valence-electron chi connectivity index (χ1n) is 4.57. The number of benzene rings is 1. The van der Waals surface area contributed by atoms with Crippen molar-refractivity contribution in [2.45, 2.75) is 0 Å². The van der Waals surface area contributed by atoms with E-state index >= 15 is 0 Å². The zero-order valence-electron chi connectivity index (χ0n) is 8.36. The van der Waals surface area contributed by atoms with Gasteiger partial charge < -0.3 is 9.94 Å². The van der Waals surface area contributed by atoms with E-state index in [1.165, 1.54) is 24.5 Å². The lowest BCUT2D eigenvalue weighted by atomic mass is 10.3. The fraction of sp³-hybridized carbons (Fsp3) is 0. The van der Waals surface area contributed by atoms with Crippen LogP contribution in [0.25, 0.3) is 0 Å². The summed E-state index contributed by atoms with van der Waals surface area (Å²) in [4.78, 5) is 0.